The average molecular weight is 286 g/mol. The zero-order chi connectivity index (χ0) is 14.6. The van der Waals surface area contributed by atoms with E-state index in [1.807, 2.05) is 20.8 Å². The molecule has 19 heavy (non-hydrogen) atoms. The Labute approximate surface area is 119 Å². The van der Waals surface area contributed by atoms with Crippen LogP contribution in [0.15, 0.2) is 18.2 Å². The van der Waals surface area contributed by atoms with Gasteiger partial charge < -0.3 is 5.32 Å². The van der Waals surface area contributed by atoms with E-state index < -0.39 is 5.82 Å². The SMILES string of the molecule is Cc1cc(F)cc(C(=O)NC(CCCl)C(C)(C)C)c1. The van der Waals surface area contributed by atoms with Crippen LogP contribution in [0.1, 0.15) is 43.1 Å². The van der Waals surface area contributed by atoms with Crippen LogP contribution in [-0.2, 0) is 0 Å². The first-order chi connectivity index (χ1) is 8.74. The van der Waals surface area contributed by atoms with Crippen molar-refractivity contribution in [2.75, 3.05) is 5.88 Å². The molecule has 1 rings (SSSR count). The second-order valence-electron chi connectivity index (χ2n) is 5.89. The first-order valence-electron chi connectivity index (χ1n) is 6.38. The number of benzene rings is 1. The fourth-order valence-corrected chi connectivity index (χ4v) is 2.16. The van der Waals surface area contributed by atoms with E-state index in [4.69, 9.17) is 11.6 Å². The number of carbonyl (C=O) groups excluding carboxylic acids is 1. The zero-order valence-electron chi connectivity index (χ0n) is 11.9. The molecule has 0 aromatic heterocycles. The molecule has 0 aliphatic heterocycles. The normalized spacial score (nSPS) is 13.2. The third-order valence-electron chi connectivity index (χ3n) is 3.05. The maximum atomic E-state index is 13.3. The molecular formula is C15H21ClFNO. The molecule has 1 unspecified atom stereocenters. The van der Waals surface area contributed by atoms with Gasteiger partial charge in [-0.3, -0.25) is 4.79 Å². The average Bonchev–Trinajstić information content (AvgIpc) is 2.25. The minimum absolute atomic E-state index is 0.0407. The van der Waals surface area contributed by atoms with Crippen LogP contribution in [0.2, 0.25) is 0 Å². The molecule has 0 spiro atoms. The summed E-state index contributed by atoms with van der Waals surface area (Å²) in [5.41, 5.74) is 0.989. The Morgan fingerprint density at radius 1 is 1.37 bits per heavy atom. The van der Waals surface area contributed by atoms with E-state index in [-0.39, 0.29) is 17.4 Å². The van der Waals surface area contributed by atoms with Crippen molar-refractivity contribution in [2.24, 2.45) is 5.41 Å². The summed E-state index contributed by atoms with van der Waals surface area (Å²) in [6.07, 6.45) is 0.686. The summed E-state index contributed by atoms with van der Waals surface area (Å²) in [5.74, 6) is -0.174. The van der Waals surface area contributed by atoms with Crippen LogP contribution in [0.3, 0.4) is 0 Å². The summed E-state index contributed by atoms with van der Waals surface area (Å²) in [6, 6.07) is 4.29. The van der Waals surface area contributed by atoms with Gasteiger partial charge in [0.2, 0.25) is 0 Å². The van der Waals surface area contributed by atoms with E-state index in [2.05, 4.69) is 5.32 Å². The van der Waals surface area contributed by atoms with Crippen molar-refractivity contribution in [3.05, 3.63) is 35.1 Å². The summed E-state index contributed by atoms with van der Waals surface area (Å²) >= 11 is 5.77. The van der Waals surface area contributed by atoms with Gasteiger partial charge in [-0.2, -0.15) is 0 Å². The Hall–Kier alpha value is -1.09. The number of halogens is 2. The Balaban J connectivity index is 2.87. The van der Waals surface area contributed by atoms with Gasteiger partial charge in [-0.05, 0) is 42.5 Å². The van der Waals surface area contributed by atoms with Gasteiger partial charge in [-0.15, -0.1) is 11.6 Å². The maximum Gasteiger partial charge on any atom is 0.251 e. The number of hydrogen-bond donors (Lipinski definition) is 1. The molecule has 0 saturated carbocycles. The van der Waals surface area contributed by atoms with Crippen LogP contribution in [0.25, 0.3) is 0 Å². The summed E-state index contributed by atoms with van der Waals surface area (Å²) in [4.78, 5) is 12.2. The minimum Gasteiger partial charge on any atom is -0.349 e. The Kier molecular flexibility index (Phi) is 5.36. The van der Waals surface area contributed by atoms with Gasteiger partial charge in [0.1, 0.15) is 5.82 Å². The number of carbonyl (C=O) groups is 1. The number of alkyl halides is 1. The van der Waals surface area contributed by atoms with Crippen molar-refractivity contribution < 1.29 is 9.18 Å². The molecule has 0 bridgehead atoms. The van der Waals surface area contributed by atoms with Gasteiger partial charge >= 0.3 is 0 Å². The van der Waals surface area contributed by atoms with Gasteiger partial charge in [0.25, 0.3) is 5.91 Å². The van der Waals surface area contributed by atoms with Crippen molar-refractivity contribution in [1.82, 2.24) is 5.32 Å². The lowest BCUT2D eigenvalue weighted by Crippen LogP contribution is -2.44. The van der Waals surface area contributed by atoms with Crippen LogP contribution in [0.5, 0.6) is 0 Å². The van der Waals surface area contributed by atoms with Crippen LogP contribution in [0.4, 0.5) is 4.39 Å². The summed E-state index contributed by atoms with van der Waals surface area (Å²) in [6.45, 7) is 7.89. The molecule has 0 fully saturated rings. The maximum absolute atomic E-state index is 13.3. The molecule has 1 aromatic carbocycles. The fourth-order valence-electron chi connectivity index (χ4n) is 1.94. The van der Waals surface area contributed by atoms with E-state index in [0.29, 0.717) is 17.9 Å². The molecule has 4 heteroatoms. The highest BCUT2D eigenvalue weighted by Gasteiger charge is 2.26. The number of amides is 1. The van der Waals surface area contributed by atoms with Crippen LogP contribution < -0.4 is 5.32 Å². The van der Waals surface area contributed by atoms with Crippen LogP contribution >= 0.6 is 11.6 Å². The van der Waals surface area contributed by atoms with Gasteiger partial charge in [0, 0.05) is 17.5 Å². The zero-order valence-corrected chi connectivity index (χ0v) is 12.6. The third-order valence-corrected chi connectivity index (χ3v) is 3.27. The summed E-state index contributed by atoms with van der Waals surface area (Å²) < 4.78 is 13.3. The van der Waals surface area contributed by atoms with E-state index in [0.717, 1.165) is 5.56 Å². The van der Waals surface area contributed by atoms with Crippen molar-refractivity contribution in [1.29, 1.82) is 0 Å². The molecule has 0 heterocycles. The van der Waals surface area contributed by atoms with Crippen molar-refractivity contribution in [3.8, 4) is 0 Å². The molecule has 0 aliphatic rings. The highest BCUT2D eigenvalue weighted by molar-refractivity contribution is 6.17. The monoisotopic (exact) mass is 285 g/mol. The van der Waals surface area contributed by atoms with E-state index in [1.54, 1.807) is 13.0 Å². The quantitative estimate of drug-likeness (QED) is 0.835. The molecule has 1 aromatic rings. The first-order valence-corrected chi connectivity index (χ1v) is 6.91. The lowest BCUT2D eigenvalue weighted by molar-refractivity contribution is 0.0900. The van der Waals surface area contributed by atoms with Gasteiger partial charge in [0.15, 0.2) is 0 Å². The summed E-state index contributed by atoms with van der Waals surface area (Å²) in [5, 5.41) is 2.94. The van der Waals surface area contributed by atoms with Crippen molar-refractivity contribution in [2.45, 2.75) is 40.2 Å². The molecule has 2 nitrogen and oxygen atoms in total. The largest absolute Gasteiger partial charge is 0.349 e. The Morgan fingerprint density at radius 3 is 2.47 bits per heavy atom. The van der Waals surface area contributed by atoms with Crippen LogP contribution in [-0.4, -0.2) is 17.8 Å². The summed E-state index contributed by atoms with van der Waals surface area (Å²) in [7, 11) is 0. The molecule has 1 atom stereocenters. The standard InChI is InChI=1S/C15H21ClFNO/c1-10-7-11(9-12(17)8-10)14(19)18-13(5-6-16)15(2,3)4/h7-9,13H,5-6H2,1-4H3,(H,18,19). The van der Waals surface area contributed by atoms with Crippen LogP contribution in [0, 0.1) is 18.2 Å². The van der Waals surface area contributed by atoms with E-state index in [9.17, 15) is 9.18 Å². The molecular weight excluding hydrogens is 265 g/mol. The van der Waals surface area contributed by atoms with Crippen molar-refractivity contribution >= 4 is 17.5 Å². The third kappa shape index (κ3) is 4.83. The van der Waals surface area contributed by atoms with Gasteiger partial charge in [-0.1, -0.05) is 20.8 Å². The Bertz CT molecular complexity index is 434. The number of nitrogens with one attached hydrogen (secondary N) is 1. The Morgan fingerprint density at radius 2 is 2.00 bits per heavy atom. The first kappa shape index (κ1) is 16.0. The minimum atomic E-state index is -0.394. The second kappa shape index (κ2) is 6.38. The number of rotatable bonds is 4. The van der Waals surface area contributed by atoms with Gasteiger partial charge in [0.05, 0.1) is 0 Å². The predicted octanol–water partition coefficient (Wildman–Crippen LogP) is 3.91. The van der Waals surface area contributed by atoms with Crippen molar-refractivity contribution in [3.63, 3.8) is 0 Å². The molecule has 0 saturated heterocycles. The lowest BCUT2D eigenvalue weighted by Gasteiger charge is -2.31. The molecule has 0 radical (unpaired) electrons. The highest BCUT2D eigenvalue weighted by Crippen LogP contribution is 2.22. The van der Waals surface area contributed by atoms with Gasteiger partial charge in [-0.25, -0.2) is 4.39 Å². The number of hydrogen-bond acceptors (Lipinski definition) is 1. The molecule has 106 valence electrons. The fraction of sp³-hybridized carbons (Fsp3) is 0.533. The molecule has 1 N–H and O–H groups in total. The smallest absolute Gasteiger partial charge is 0.251 e. The second-order valence-corrected chi connectivity index (χ2v) is 6.26. The number of aryl methyl sites for hydroxylation is 1. The highest BCUT2D eigenvalue weighted by atomic mass is 35.5. The predicted molar refractivity (Wildman–Crippen MR) is 77.2 cm³/mol. The van der Waals surface area contributed by atoms with E-state index >= 15 is 0 Å². The lowest BCUT2D eigenvalue weighted by atomic mass is 9.85. The molecule has 0 aliphatic carbocycles. The van der Waals surface area contributed by atoms with E-state index in [1.165, 1.54) is 12.1 Å². The molecule has 1 amide bonds. The topological polar surface area (TPSA) is 29.1 Å².